The largest absolute Gasteiger partial charge is 0.490 e. The molecule has 7 nitrogen and oxygen atoms in total. The molecule has 0 atom stereocenters. The zero-order valence-electron chi connectivity index (χ0n) is 18.8. The molecule has 168 valence electrons. The number of benzene rings is 2. The van der Waals surface area contributed by atoms with Crippen molar-refractivity contribution in [2.75, 3.05) is 24.3 Å². The highest BCUT2D eigenvalue weighted by molar-refractivity contribution is 7.99. The van der Waals surface area contributed by atoms with Crippen molar-refractivity contribution < 1.29 is 14.3 Å². The van der Waals surface area contributed by atoms with Gasteiger partial charge in [0, 0.05) is 23.7 Å². The van der Waals surface area contributed by atoms with Crippen molar-refractivity contribution in [3.63, 3.8) is 0 Å². The first-order valence-electron chi connectivity index (χ1n) is 10.8. The van der Waals surface area contributed by atoms with Gasteiger partial charge in [-0.1, -0.05) is 23.9 Å². The first kappa shape index (κ1) is 22.2. The van der Waals surface area contributed by atoms with Crippen molar-refractivity contribution in [2.45, 2.75) is 45.3 Å². The average molecular weight is 453 g/mol. The number of anilines is 1. The molecule has 0 aliphatic carbocycles. The molecule has 0 unspecified atom stereocenters. The third kappa shape index (κ3) is 4.75. The summed E-state index contributed by atoms with van der Waals surface area (Å²) in [5.41, 5.74) is 3.97. The Bertz CT molecular complexity index is 1130. The summed E-state index contributed by atoms with van der Waals surface area (Å²) in [6, 6.07) is 11.9. The Hall–Kier alpha value is -3.00. The van der Waals surface area contributed by atoms with Crippen molar-refractivity contribution in [1.82, 2.24) is 14.8 Å². The smallest absolute Gasteiger partial charge is 0.234 e. The number of hydrogen-bond acceptors (Lipinski definition) is 6. The van der Waals surface area contributed by atoms with Crippen molar-refractivity contribution in [1.29, 1.82) is 0 Å². The lowest BCUT2D eigenvalue weighted by atomic mass is 10.1. The fourth-order valence-corrected chi connectivity index (χ4v) is 4.41. The summed E-state index contributed by atoms with van der Waals surface area (Å²) in [7, 11) is 0. The highest BCUT2D eigenvalue weighted by Crippen LogP contribution is 2.35. The number of ether oxygens (including phenoxy) is 2. The third-order valence-electron chi connectivity index (χ3n) is 5.40. The first-order valence-corrected chi connectivity index (χ1v) is 11.8. The minimum absolute atomic E-state index is 0.0702. The van der Waals surface area contributed by atoms with E-state index in [2.05, 4.69) is 33.9 Å². The number of hydrogen-bond donors (Lipinski definition) is 1. The molecule has 8 heteroatoms. The monoisotopic (exact) mass is 452 g/mol. The number of nitrogens with one attached hydrogen (secondary N) is 1. The molecule has 4 rings (SSSR count). The van der Waals surface area contributed by atoms with E-state index in [4.69, 9.17) is 9.47 Å². The summed E-state index contributed by atoms with van der Waals surface area (Å²) in [4.78, 5) is 12.6. The lowest BCUT2D eigenvalue weighted by Gasteiger charge is -2.15. The molecule has 0 spiro atoms. The van der Waals surface area contributed by atoms with E-state index in [9.17, 15) is 4.79 Å². The molecule has 0 bridgehead atoms. The standard InChI is InChI=1S/C24H28N4O3S/c1-15(2)28-23(18-9-10-20-21(13-18)31-12-6-11-30-20)26-27-24(28)32-14-22(29)25-19-8-5-7-16(3)17(19)4/h5,7-10,13,15H,6,11-12,14H2,1-4H3,(H,25,29). The highest BCUT2D eigenvalue weighted by atomic mass is 32.2. The normalized spacial score (nSPS) is 13.2. The van der Waals surface area contributed by atoms with Gasteiger partial charge in [0.1, 0.15) is 0 Å². The van der Waals surface area contributed by atoms with Crippen LogP contribution in [-0.2, 0) is 4.79 Å². The second-order valence-corrected chi connectivity index (χ2v) is 9.01. The topological polar surface area (TPSA) is 78.3 Å². The van der Waals surface area contributed by atoms with Gasteiger partial charge in [-0.15, -0.1) is 10.2 Å². The Balaban J connectivity index is 1.52. The maximum absolute atomic E-state index is 12.6. The molecule has 2 heterocycles. The minimum Gasteiger partial charge on any atom is -0.490 e. The summed E-state index contributed by atoms with van der Waals surface area (Å²) >= 11 is 1.38. The molecule has 1 amide bonds. The van der Waals surface area contributed by atoms with Crippen LogP contribution >= 0.6 is 11.8 Å². The molecule has 0 fully saturated rings. The quantitative estimate of drug-likeness (QED) is 0.528. The molecule has 32 heavy (non-hydrogen) atoms. The number of nitrogens with zero attached hydrogens (tertiary/aromatic N) is 3. The Morgan fingerprint density at radius 2 is 1.91 bits per heavy atom. The Morgan fingerprint density at radius 3 is 2.69 bits per heavy atom. The molecule has 1 aliphatic rings. The number of aromatic nitrogens is 3. The maximum Gasteiger partial charge on any atom is 0.234 e. The van der Waals surface area contributed by atoms with Crippen LogP contribution in [0.2, 0.25) is 0 Å². The van der Waals surface area contributed by atoms with Crippen LogP contribution in [0, 0.1) is 13.8 Å². The number of thioether (sulfide) groups is 1. The van der Waals surface area contributed by atoms with E-state index in [0.717, 1.165) is 46.1 Å². The molecule has 1 N–H and O–H groups in total. The summed E-state index contributed by atoms with van der Waals surface area (Å²) in [5, 5.41) is 12.5. The van der Waals surface area contributed by atoms with Crippen LogP contribution in [0.15, 0.2) is 41.6 Å². The predicted molar refractivity (Wildman–Crippen MR) is 127 cm³/mol. The maximum atomic E-state index is 12.6. The lowest BCUT2D eigenvalue weighted by molar-refractivity contribution is -0.113. The molecular formula is C24H28N4O3S. The Labute approximate surface area is 192 Å². The van der Waals surface area contributed by atoms with Crippen LogP contribution in [-0.4, -0.2) is 39.6 Å². The molecule has 0 saturated carbocycles. The predicted octanol–water partition coefficient (Wildman–Crippen LogP) is 5.03. The van der Waals surface area contributed by atoms with Crippen LogP contribution in [0.25, 0.3) is 11.4 Å². The van der Waals surface area contributed by atoms with Gasteiger partial charge in [-0.25, -0.2) is 0 Å². The number of rotatable bonds is 6. The van der Waals surface area contributed by atoms with Crippen LogP contribution in [0.4, 0.5) is 5.69 Å². The van der Waals surface area contributed by atoms with Crippen LogP contribution < -0.4 is 14.8 Å². The second-order valence-electron chi connectivity index (χ2n) is 8.07. The van der Waals surface area contributed by atoms with Crippen molar-refractivity contribution in [3.05, 3.63) is 47.5 Å². The van der Waals surface area contributed by atoms with Gasteiger partial charge in [-0.05, 0) is 63.1 Å². The molecule has 1 aliphatic heterocycles. The third-order valence-corrected chi connectivity index (χ3v) is 6.34. The lowest BCUT2D eigenvalue weighted by Crippen LogP contribution is -2.16. The number of amides is 1. The van der Waals surface area contributed by atoms with Gasteiger partial charge >= 0.3 is 0 Å². The zero-order valence-corrected chi connectivity index (χ0v) is 19.7. The number of carbonyl (C=O) groups is 1. The molecule has 0 radical (unpaired) electrons. The zero-order chi connectivity index (χ0) is 22.7. The summed E-state index contributed by atoms with van der Waals surface area (Å²) < 4.78 is 13.6. The van der Waals surface area contributed by atoms with E-state index in [0.29, 0.717) is 18.4 Å². The van der Waals surface area contributed by atoms with E-state index in [-0.39, 0.29) is 17.7 Å². The SMILES string of the molecule is Cc1cccc(NC(=O)CSc2nnc(-c3ccc4c(c3)OCCCO4)n2C(C)C)c1C. The van der Waals surface area contributed by atoms with E-state index >= 15 is 0 Å². The van der Waals surface area contributed by atoms with Gasteiger partial charge in [0.15, 0.2) is 22.5 Å². The number of carbonyl (C=O) groups excluding carboxylic acids is 1. The van der Waals surface area contributed by atoms with Gasteiger partial charge in [0.05, 0.1) is 19.0 Å². The van der Waals surface area contributed by atoms with Gasteiger partial charge in [0.2, 0.25) is 5.91 Å². The molecule has 3 aromatic rings. The molecule has 2 aromatic carbocycles. The van der Waals surface area contributed by atoms with Gasteiger partial charge in [-0.3, -0.25) is 9.36 Å². The van der Waals surface area contributed by atoms with Gasteiger partial charge in [-0.2, -0.15) is 0 Å². The van der Waals surface area contributed by atoms with Gasteiger partial charge in [0.25, 0.3) is 0 Å². The summed E-state index contributed by atoms with van der Waals surface area (Å²) in [6.45, 7) is 9.48. The molecule has 0 saturated heterocycles. The van der Waals surface area contributed by atoms with E-state index < -0.39 is 0 Å². The highest BCUT2D eigenvalue weighted by Gasteiger charge is 2.20. The summed E-state index contributed by atoms with van der Waals surface area (Å²) in [5.74, 6) is 2.39. The number of aryl methyl sites for hydroxylation is 1. The van der Waals surface area contributed by atoms with E-state index in [1.807, 2.05) is 50.2 Å². The second kappa shape index (κ2) is 9.65. The van der Waals surface area contributed by atoms with Crippen molar-refractivity contribution in [3.8, 4) is 22.9 Å². The Kier molecular flexibility index (Phi) is 6.69. The van der Waals surface area contributed by atoms with Crippen LogP contribution in [0.1, 0.15) is 37.4 Å². The summed E-state index contributed by atoms with van der Waals surface area (Å²) in [6.07, 6.45) is 0.858. The van der Waals surface area contributed by atoms with Crippen LogP contribution in [0.5, 0.6) is 11.5 Å². The molecule has 1 aromatic heterocycles. The van der Waals surface area contributed by atoms with Crippen molar-refractivity contribution in [2.24, 2.45) is 0 Å². The van der Waals surface area contributed by atoms with Gasteiger partial charge < -0.3 is 14.8 Å². The number of fused-ring (bicyclic) bond motifs is 1. The van der Waals surface area contributed by atoms with E-state index in [1.54, 1.807) is 0 Å². The Morgan fingerprint density at radius 1 is 1.12 bits per heavy atom. The minimum atomic E-state index is -0.0702. The first-order chi connectivity index (χ1) is 15.4. The fraction of sp³-hybridized carbons (Fsp3) is 0.375. The van der Waals surface area contributed by atoms with E-state index in [1.165, 1.54) is 11.8 Å². The average Bonchev–Trinajstić information content (AvgIpc) is 3.06. The van der Waals surface area contributed by atoms with Crippen LogP contribution in [0.3, 0.4) is 0 Å². The fourth-order valence-electron chi connectivity index (χ4n) is 3.54. The molecular weight excluding hydrogens is 424 g/mol. The van der Waals surface area contributed by atoms with Crippen molar-refractivity contribution >= 4 is 23.4 Å².